The number of nitrogens with zero attached hydrogens (tertiary/aromatic N) is 3. The number of anilines is 1. The van der Waals surface area contributed by atoms with E-state index in [0.717, 1.165) is 48.2 Å². The topological polar surface area (TPSA) is 135 Å². The van der Waals surface area contributed by atoms with Crippen LogP contribution in [0.3, 0.4) is 0 Å². The van der Waals surface area contributed by atoms with E-state index in [9.17, 15) is 23.3 Å². The highest BCUT2D eigenvalue weighted by Gasteiger charge is 2.24. The fraction of sp³-hybridized carbons (Fsp3) is 0.188. The van der Waals surface area contributed by atoms with Gasteiger partial charge in [-0.15, -0.1) is 11.8 Å². The van der Waals surface area contributed by atoms with Gasteiger partial charge in [-0.25, -0.2) is 13.1 Å². The van der Waals surface area contributed by atoms with Gasteiger partial charge in [-0.2, -0.15) is 0 Å². The van der Waals surface area contributed by atoms with E-state index >= 15 is 0 Å². The first-order chi connectivity index (χ1) is 21.3. The number of sulfonamides is 1. The molecular formula is C32H31N5O5S2. The van der Waals surface area contributed by atoms with E-state index in [-0.39, 0.29) is 16.1 Å². The van der Waals surface area contributed by atoms with E-state index in [1.54, 1.807) is 48.4 Å². The number of hydrogen-bond donors (Lipinski definition) is 2. The number of nitro groups is 1. The van der Waals surface area contributed by atoms with Crippen molar-refractivity contribution in [3.63, 3.8) is 0 Å². The van der Waals surface area contributed by atoms with E-state index in [2.05, 4.69) is 21.3 Å². The normalized spacial score (nSPS) is 13.6. The van der Waals surface area contributed by atoms with Crippen molar-refractivity contribution in [3.05, 3.63) is 130 Å². The molecule has 0 unspecified atom stereocenters. The van der Waals surface area contributed by atoms with Gasteiger partial charge in [0.25, 0.3) is 21.6 Å². The van der Waals surface area contributed by atoms with Crippen LogP contribution >= 0.6 is 11.8 Å². The van der Waals surface area contributed by atoms with Crippen LogP contribution in [-0.4, -0.2) is 54.5 Å². The van der Waals surface area contributed by atoms with Crippen molar-refractivity contribution in [2.24, 2.45) is 0 Å². The van der Waals surface area contributed by atoms with Crippen molar-refractivity contribution in [1.29, 1.82) is 0 Å². The molecule has 1 aliphatic heterocycles. The molecule has 2 heterocycles. The molecule has 10 nitrogen and oxygen atoms in total. The molecule has 226 valence electrons. The molecule has 1 amide bonds. The van der Waals surface area contributed by atoms with E-state index in [0.29, 0.717) is 12.3 Å². The lowest BCUT2D eigenvalue weighted by molar-refractivity contribution is -0.384. The Morgan fingerprint density at radius 2 is 1.75 bits per heavy atom. The molecule has 0 spiro atoms. The fourth-order valence-electron chi connectivity index (χ4n) is 4.79. The van der Waals surface area contributed by atoms with Crippen molar-refractivity contribution in [3.8, 4) is 0 Å². The van der Waals surface area contributed by atoms with Gasteiger partial charge in [-0.1, -0.05) is 36.4 Å². The van der Waals surface area contributed by atoms with Crippen LogP contribution in [0.1, 0.15) is 27.9 Å². The molecule has 1 aliphatic rings. The van der Waals surface area contributed by atoms with Crippen molar-refractivity contribution in [1.82, 2.24) is 14.6 Å². The molecule has 3 aromatic carbocycles. The third-order valence-corrected chi connectivity index (χ3v) is 9.44. The lowest BCUT2D eigenvalue weighted by Crippen LogP contribution is -2.30. The average molecular weight is 630 g/mol. The van der Waals surface area contributed by atoms with Crippen LogP contribution in [0.5, 0.6) is 0 Å². The van der Waals surface area contributed by atoms with Gasteiger partial charge in [0, 0.05) is 60.9 Å². The van der Waals surface area contributed by atoms with Crippen LogP contribution < -0.4 is 10.0 Å². The summed E-state index contributed by atoms with van der Waals surface area (Å²) in [5, 5.41) is 14.7. The zero-order valence-corrected chi connectivity index (χ0v) is 25.4. The number of carbonyl (C=O) groups excluding carboxylic acids is 1. The Hall–Kier alpha value is -4.52. The molecule has 0 saturated heterocycles. The average Bonchev–Trinajstić information content (AvgIpc) is 3.04. The third kappa shape index (κ3) is 8.10. The number of nitro benzene ring substituents is 1. The second-order valence-electron chi connectivity index (χ2n) is 10.1. The molecule has 0 bridgehead atoms. The van der Waals surface area contributed by atoms with Gasteiger partial charge in [0.15, 0.2) is 0 Å². The molecule has 0 radical (unpaired) electrons. The summed E-state index contributed by atoms with van der Waals surface area (Å²) in [5.74, 6) is -0.168. The van der Waals surface area contributed by atoms with Crippen molar-refractivity contribution in [2.45, 2.75) is 22.8 Å². The summed E-state index contributed by atoms with van der Waals surface area (Å²) in [6.45, 7) is 2.96. The van der Waals surface area contributed by atoms with Gasteiger partial charge < -0.3 is 5.32 Å². The van der Waals surface area contributed by atoms with Gasteiger partial charge in [-0.05, 0) is 71.7 Å². The first kappa shape index (κ1) is 30.9. The SMILES string of the molecule is O=C(NS(=O)(=O)c1ccc(NCCSc2ccccc2)c([N+](=O)[O-])c1)c1ccc(C2=CCN(Cc3ccncc3)CC2)cc1. The van der Waals surface area contributed by atoms with Crippen LogP contribution in [0.2, 0.25) is 0 Å². The van der Waals surface area contributed by atoms with Crippen molar-refractivity contribution < 1.29 is 18.1 Å². The summed E-state index contributed by atoms with van der Waals surface area (Å²) < 4.78 is 28.0. The highest BCUT2D eigenvalue weighted by Crippen LogP contribution is 2.28. The van der Waals surface area contributed by atoms with E-state index in [4.69, 9.17) is 0 Å². The number of nitrogens with one attached hydrogen (secondary N) is 2. The maximum Gasteiger partial charge on any atom is 0.293 e. The molecule has 44 heavy (non-hydrogen) atoms. The first-order valence-corrected chi connectivity index (χ1v) is 16.4. The number of amides is 1. The van der Waals surface area contributed by atoms with Crippen LogP contribution in [0.4, 0.5) is 11.4 Å². The minimum atomic E-state index is -4.36. The van der Waals surface area contributed by atoms with E-state index in [1.807, 2.05) is 47.2 Å². The quantitative estimate of drug-likeness (QED) is 0.0888. The minimum absolute atomic E-state index is 0.164. The molecule has 1 aromatic heterocycles. The number of benzene rings is 3. The van der Waals surface area contributed by atoms with Crippen LogP contribution in [0.15, 0.2) is 113 Å². The molecule has 0 fully saturated rings. The third-order valence-electron chi connectivity index (χ3n) is 7.10. The Balaban J connectivity index is 1.18. The number of aromatic nitrogens is 1. The summed E-state index contributed by atoms with van der Waals surface area (Å²) in [6.07, 6.45) is 6.59. The molecule has 0 saturated carbocycles. The second kappa shape index (κ2) is 14.3. The van der Waals surface area contributed by atoms with E-state index in [1.165, 1.54) is 17.7 Å². The molecule has 4 aromatic rings. The number of carbonyl (C=O) groups is 1. The Morgan fingerprint density at radius 3 is 2.43 bits per heavy atom. The highest BCUT2D eigenvalue weighted by atomic mass is 32.2. The Bertz CT molecular complexity index is 1750. The maximum atomic E-state index is 13.0. The van der Waals surface area contributed by atoms with Gasteiger partial charge in [-0.3, -0.25) is 24.8 Å². The molecule has 2 N–H and O–H groups in total. The standard InChI is InChI=1S/C32H31N5O5S2/c38-32(27-8-6-25(7-9-27)26-14-19-36(20-15-26)23-24-12-16-33-17-13-24)35-44(41,42)29-10-11-30(31(22-29)37(39)40)34-18-21-43-28-4-2-1-3-5-28/h1-14,16-17,22,34H,15,18-21,23H2,(H,35,38). The largest absolute Gasteiger partial charge is 0.379 e. The maximum absolute atomic E-state index is 13.0. The molecule has 0 aliphatic carbocycles. The Kier molecular flexibility index (Phi) is 10.1. The second-order valence-corrected chi connectivity index (χ2v) is 13.0. The summed E-state index contributed by atoms with van der Waals surface area (Å²) in [5.41, 5.74) is 3.30. The van der Waals surface area contributed by atoms with Gasteiger partial charge in [0.2, 0.25) is 0 Å². The van der Waals surface area contributed by atoms with E-state index < -0.39 is 26.5 Å². The zero-order chi connectivity index (χ0) is 30.9. The van der Waals surface area contributed by atoms with Crippen LogP contribution in [0.25, 0.3) is 5.57 Å². The minimum Gasteiger partial charge on any atom is -0.379 e. The van der Waals surface area contributed by atoms with Gasteiger partial charge >= 0.3 is 0 Å². The van der Waals surface area contributed by atoms with Crippen LogP contribution in [0, 0.1) is 10.1 Å². The predicted octanol–water partition coefficient (Wildman–Crippen LogP) is 5.60. The molecular weight excluding hydrogens is 599 g/mol. The number of pyridine rings is 1. The predicted molar refractivity (Wildman–Crippen MR) is 172 cm³/mol. The lowest BCUT2D eigenvalue weighted by atomic mass is 9.98. The Morgan fingerprint density at radius 1 is 1.00 bits per heavy atom. The van der Waals surface area contributed by atoms with Gasteiger partial charge in [0.05, 0.1) is 9.82 Å². The summed E-state index contributed by atoms with van der Waals surface area (Å²) in [4.78, 5) is 31.0. The smallest absolute Gasteiger partial charge is 0.293 e. The zero-order valence-electron chi connectivity index (χ0n) is 23.8. The fourth-order valence-corrected chi connectivity index (χ4v) is 6.57. The summed E-state index contributed by atoms with van der Waals surface area (Å²) in [7, 11) is -4.36. The number of thioether (sulfide) groups is 1. The molecule has 0 atom stereocenters. The van der Waals surface area contributed by atoms with Crippen LogP contribution in [-0.2, 0) is 16.6 Å². The summed E-state index contributed by atoms with van der Waals surface area (Å²) in [6, 6.07) is 24.0. The van der Waals surface area contributed by atoms with Crippen molar-refractivity contribution >= 4 is 44.6 Å². The molecule has 12 heteroatoms. The lowest BCUT2D eigenvalue weighted by Gasteiger charge is -2.26. The first-order valence-electron chi connectivity index (χ1n) is 14.0. The summed E-state index contributed by atoms with van der Waals surface area (Å²) >= 11 is 1.59. The number of rotatable bonds is 12. The van der Waals surface area contributed by atoms with Crippen molar-refractivity contribution in [2.75, 3.05) is 30.7 Å². The highest BCUT2D eigenvalue weighted by molar-refractivity contribution is 7.99. The van der Waals surface area contributed by atoms with Gasteiger partial charge in [0.1, 0.15) is 5.69 Å². The Labute approximate surface area is 260 Å². The number of hydrogen-bond acceptors (Lipinski definition) is 9. The monoisotopic (exact) mass is 629 g/mol. The molecule has 5 rings (SSSR count).